The van der Waals surface area contributed by atoms with Gasteiger partial charge < -0.3 is 10.6 Å². The molecule has 2 aliphatic heterocycles. The number of carbonyl (C=O) groups is 1. The number of carbonyl (C=O) groups excluding carboxylic acids is 1. The van der Waals surface area contributed by atoms with Crippen LogP contribution in [0.5, 0.6) is 0 Å². The van der Waals surface area contributed by atoms with Crippen molar-refractivity contribution >= 4 is 28.5 Å². The van der Waals surface area contributed by atoms with Gasteiger partial charge >= 0.3 is 0 Å². The minimum atomic E-state index is -2.91. The Bertz CT molecular complexity index is 647. The Morgan fingerprint density at radius 2 is 2.20 bits per heavy atom. The molecule has 1 saturated heterocycles. The first-order valence-electron chi connectivity index (χ1n) is 5.80. The van der Waals surface area contributed by atoms with Crippen molar-refractivity contribution in [2.75, 3.05) is 6.54 Å². The normalized spacial score (nSPS) is 23.1. The third-order valence-corrected chi connectivity index (χ3v) is 3.69. The van der Waals surface area contributed by atoms with Crippen molar-refractivity contribution < 1.29 is 18.0 Å². The summed E-state index contributed by atoms with van der Waals surface area (Å²) in [6, 6.07) is 1.44. The Kier molecular flexibility index (Phi) is 2.72. The minimum Gasteiger partial charge on any atom is -0.369 e. The largest absolute Gasteiger partial charge is 0.369 e. The maximum absolute atomic E-state index is 13.7. The molecule has 0 spiro atoms. The van der Waals surface area contributed by atoms with Crippen molar-refractivity contribution in [1.29, 1.82) is 0 Å². The van der Waals surface area contributed by atoms with E-state index in [0.29, 0.717) is 5.56 Å². The molecule has 1 atom stereocenters. The summed E-state index contributed by atoms with van der Waals surface area (Å²) in [5, 5.41) is -0.982. The van der Waals surface area contributed by atoms with Crippen LogP contribution in [0.15, 0.2) is 17.1 Å². The second-order valence-corrected chi connectivity index (χ2v) is 5.18. The van der Waals surface area contributed by atoms with E-state index in [1.807, 2.05) is 0 Å². The molecule has 0 amide bonds. The summed E-state index contributed by atoms with van der Waals surface area (Å²) in [5.74, 6) is -3.84. The molecule has 0 radical (unpaired) electrons. The van der Waals surface area contributed by atoms with Gasteiger partial charge in [0.2, 0.25) is 0 Å². The lowest BCUT2D eigenvalue weighted by Gasteiger charge is -2.30. The SMILES string of the molecule is NC1=Nc2cc(F)c(C(=O)Cl)cc2[C@H]2CC(F)(F)CN12. The van der Waals surface area contributed by atoms with Crippen LogP contribution in [-0.4, -0.2) is 28.6 Å². The molecule has 0 bridgehead atoms. The minimum absolute atomic E-state index is 0.0796. The summed E-state index contributed by atoms with van der Waals surface area (Å²) in [4.78, 5) is 16.3. The van der Waals surface area contributed by atoms with Crippen LogP contribution in [0.3, 0.4) is 0 Å². The predicted molar refractivity (Wildman–Crippen MR) is 66.9 cm³/mol. The summed E-state index contributed by atoms with van der Waals surface area (Å²) in [6.07, 6.45) is -0.461. The number of nitrogens with zero attached hydrogens (tertiary/aromatic N) is 2. The molecule has 2 N–H and O–H groups in total. The van der Waals surface area contributed by atoms with E-state index in [2.05, 4.69) is 4.99 Å². The lowest BCUT2D eigenvalue weighted by atomic mass is 9.98. The van der Waals surface area contributed by atoms with Gasteiger partial charge in [0, 0.05) is 18.1 Å². The van der Waals surface area contributed by atoms with Gasteiger partial charge in [0.05, 0.1) is 23.8 Å². The molecule has 0 aliphatic carbocycles. The van der Waals surface area contributed by atoms with Crippen molar-refractivity contribution in [2.45, 2.75) is 18.4 Å². The number of guanidine groups is 1. The molecule has 8 heteroatoms. The average Bonchev–Trinajstić information content (AvgIpc) is 2.64. The number of benzene rings is 1. The molecule has 1 fully saturated rings. The molecule has 3 rings (SSSR count). The fourth-order valence-corrected chi connectivity index (χ4v) is 2.76. The number of halogens is 4. The monoisotopic (exact) mass is 303 g/mol. The van der Waals surface area contributed by atoms with E-state index >= 15 is 0 Å². The van der Waals surface area contributed by atoms with E-state index in [0.717, 1.165) is 6.07 Å². The zero-order valence-electron chi connectivity index (χ0n) is 10.0. The Hall–Kier alpha value is -1.76. The van der Waals surface area contributed by atoms with Crippen molar-refractivity contribution in [3.05, 3.63) is 29.1 Å². The van der Waals surface area contributed by atoms with Crippen LogP contribution in [0.4, 0.5) is 18.9 Å². The van der Waals surface area contributed by atoms with Crippen LogP contribution in [0.25, 0.3) is 0 Å². The summed E-state index contributed by atoms with van der Waals surface area (Å²) in [7, 11) is 0. The topological polar surface area (TPSA) is 58.7 Å². The van der Waals surface area contributed by atoms with Crippen LogP contribution in [0.1, 0.15) is 28.4 Å². The maximum atomic E-state index is 13.7. The number of hydrogen-bond donors (Lipinski definition) is 1. The smallest absolute Gasteiger partial charge is 0.267 e. The fourth-order valence-electron chi connectivity index (χ4n) is 2.62. The molecule has 1 aromatic rings. The first-order valence-corrected chi connectivity index (χ1v) is 6.18. The number of fused-ring (bicyclic) bond motifs is 3. The van der Waals surface area contributed by atoms with Crippen molar-refractivity contribution in [2.24, 2.45) is 10.7 Å². The molecule has 1 aromatic carbocycles. The zero-order valence-corrected chi connectivity index (χ0v) is 10.8. The molecule has 0 unspecified atom stereocenters. The van der Waals surface area contributed by atoms with Crippen LogP contribution < -0.4 is 5.73 Å². The van der Waals surface area contributed by atoms with Gasteiger partial charge in [-0.1, -0.05) is 0 Å². The molecular formula is C12H9ClF3N3O. The lowest BCUT2D eigenvalue weighted by molar-refractivity contribution is 0.0165. The highest BCUT2D eigenvalue weighted by molar-refractivity contribution is 6.67. The summed E-state index contributed by atoms with van der Waals surface area (Å²) >= 11 is 5.28. The highest BCUT2D eigenvalue weighted by Gasteiger charge is 2.48. The number of hydrogen-bond acceptors (Lipinski definition) is 4. The first kappa shape index (κ1) is 13.2. The first-order chi connectivity index (χ1) is 9.28. The van der Waals surface area contributed by atoms with E-state index in [9.17, 15) is 18.0 Å². The third-order valence-electron chi connectivity index (χ3n) is 3.49. The van der Waals surface area contributed by atoms with Gasteiger partial charge in [0.25, 0.3) is 11.2 Å². The predicted octanol–water partition coefficient (Wildman–Crippen LogP) is 2.55. The van der Waals surface area contributed by atoms with Gasteiger partial charge in [-0.05, 0) is 17.7 Å². The van der Waals surface area contributed by atoms with Crippen LogP contribution >= 0.6 is 11.6 Å². The molecule has 2 aliphatic rings. The van der Waals surface area contributed by atoms with Crippen molar-refractivity contribution in [1.82, 2.24) is 4.90 Å². The van der Waals surface area contributed by atoms with Crippen LogP contribution in [-0.2, 0) is 0 Å². The second-order valence-electron chi connectivity index (χ2n) is 4.84. The van der Waals surface area contributed by atoms with Gasteiger partial charge in [0.15, 0.2) is 5.96 Å². The fraction of sp³-hybridized carbons (Fsp3) is 0.333. The second kappa shape index (κ2) is 4.12. The Labute approximate surface area is 117 Å². The van der Waals surface area contributed by atoms with Crippen LogP contribution in [0, 0.1) is 5.82 Å². The van der Waals surface area contributed by atoms with E-state index in [1.54, 1.807) is 0 Å². The number of rotatable bonds is 1. The van der Waals surface area contributed by atoms with E-state index < -0.39 is 36.0 Å². The van der Waals surface area contributed by atoms with E-state index in [-0.39, 0.29) is 17.2 Å². The van der Waals surface area contributed by atoms with Gasteiger partial charge in [-0.3, -0.25) is 4.79 Å². The van der Waals surface area contributed by atoms with E-state index in [4.69, 9.17) is 17.3 Å². The highest BCUT2D eigenvalue weighted by Crippen LogP contribution is 2.46. The Morgan fingerprint density at radius 1 is 1.50 bits per heavy atom. The number of nitrogens with two attached hydrogens (primary N) is 1. The lowest BCUT2D eigenvalue weighted by Crippen LogP contribution is -2.40. The summed E-state index contributed by atoms with van der Waals surface area (Å²) < 4.78 is 40.7. The summed E-state index contributed by atoms with van der Waals surface area (Å²) in [5.41, 5.74) is 5.77. The zero-order chi connectivity index (χ0) is 14.7. The molecular weight excluding hydrogens is 295 g/mol. The van der Waals surface area contributed by atoms with Gasteiger partial charge in [-0.15, -0.1) is 0 Å². The molecule has 106 valence electrons. The van der Waals surface area contributed by atoms with Crippen molar-refractivity contribution in [3.8, 4) is 0 Å². The molecule has 0 aromatic heterocycles. The molecule has 20 heavy (non-hydrogen) atoms. The third kappa shape index (κ3) is 1.93. The standard InChI is InChI=1S/C12H9ClF3N3O/c13-10(20)5-1-6-8(2-7(5)14)18-11(17)19-4-12(15,16)3-9(6)19/h1-2,9H,3-4H2,(H2,17,18)/t9-/m1/s1. The summed E-state index contributed by atoms with van der Waals surface area (Å²) in [6.45, 7) is -0.548. The average molecular weight is 304 g/mol. The highest BCUT2D eigenvalue weighted by atomic mass is 35.5. The number of alkyl halides is 2. The molecule has 0 saturated carbocycles. The van der Waals surface area contributed by atoms with E-state index in [1.165, 1.54) is 11.0 Å². The van der Waals surface area contributed by atoms with Gasteiger partial charge in [-0.2, -0.15) is 0 Å². The van der Waals surface area contributed by atoms with Crippen molar-refractivity contribution in [3.63, 3.8) is 0 Å². The maximum Gasteiger partial charge on any atom is 0.267 e. The quantitative estimate of drug-likeness (QED) is 0.811. The van der Waals surface area contributed by atoms with Gasteiger partial charge in [-0.25, -0.2) is 18.2 Å². The van der Waals surface area contributed by atoms with Crippen LogP contribution in [0.2, 0.25) is 0 Å². The molecule has 2 heterocycles. The Balaban J connectivity index is 2.16. The van der Waals surface area contributed by atoms with Gasteiger partial charge in [0.1, 0.15) is 5.82 Å². The number of aliphatic imine (C=N–C) groups is 1. The molecule has 4 nitrogen and oxygen atoms in total. The Morgan fingerprint density at radius 3 is 2.85 bits per heavy atom.